The highest BCUT2D eigenvalue weighted by molar-refractivity contribution is 5.88. The first kappa shape index (κ1) is 16.1. The Kier molecular flexibility index (Phi) is 5.07. The maximum Gasteiger partial charge on any atom is 0.226 e. The van der Waals surface area contributed by atoms with Crippen LogP contribution in [0.4, 0.5) is 0 Å². The summed E-state index contributed by atoms with van der Waals surface area (Å²) in [4.78, 5) is 27.2. The van der Waals surface area contributed by atoms with Crippen molar-refractivity contribution in [1.82, 2.24) is 10.2 Å². The standard InChI is InChI=1S/C17H28N2O2/c1-17(2,3)18-15(20)13-9-5-6-10-14(13)16(21)19-11-7-4-8-12-19/h5-6,13-14H,4,7-12H2,1-3H3,(H,18,20). The summed E-state index contributed by atoms with van der Waals surface area (Å²) in [7, 11) is 0. The molecule has 0 aromatic rings. The van der Waals surface area contributed by atoms with Gasteiger partial charge in [0.1, 0.15) is 0 Å². The number of hydrogen-bond donors (Lipinski definition) is 1. The normalized spacial score (nSPS) is 26.5. The van der Waals surface area contributed by atoms with E-state index in [1.54, 1.807) is 0 Å². The summed E-state index contributed by atoms with van der Waals surface area (Å²) in [6, 6.07) is 0. The van der Waals surface area contributed by atoms with E-state index < -0.39 is 0 Å². The minimum absolute atomic E-state index is 0.0159. The van der Waals surface area contributed by atoms with E-state index in [-0.39, 0.29) is 29.2 Å². The van der Waals surface area contributed by atoms with Gasteiger partial charge < -0.3 is 10.2 Å². The van der Waals surface area contributed by atoms with Gasteiger partial charge in [-0.1, -0.05) is 12.2 Å². The van der Waals surface area contributed by atoms with E-state index in [2.05, 4.69) is 5.32 Å². The monoisotopic (exact) mass is 292 g/mol. The molecule has 1 aliphatic carbocycles. The predicted molar refractivity (Wildman–Crippen MR) is 83.7 cm³/mol. The van der Waals surface area contributed by atoms with E-state index >= 15 is 0 Å². The van der Waals surface area contributed by atoms with Gasteiger partial charge in [0.25, 0.3) is 0 Å². The molecule has 0 radical (unpaired) electrons. The van der Waals surface area contributed by atoms with E-state index in [9.17, 15) is 9.59 Å². The molecule has 2 aliphatic rings. The van der Waals surface area contributed by atoms with Gasteiger partial charge in [-0.2, -0.15) is 0 Å². The maximum atomic E-state index is 12.7. The predicted octanol–water partition coefficient (Wildman–Crippen LogP) is 2.50. The summed E-state index contributed by atoms with van der Waals surface area (Å²) in [5.41, 5.74) is -0.253. The van der Waals surface area contributed by atoms with Gasteiger partial charge in [0, 0.05) is 18.6 Å². The zero-order valence-electron chi connectivity index (χ0n) is 13.5. The molecular weight excluding hydrogens is 264 g/mol. The second kappa shape index (κ2) is 6.63. The van der Waals surface area contributed by atoms with Gasteiger partial charge in [0.2, 0.25) is 11.8 Å². The van der Waals surface area contributed by atoms with Crippen molar-refractivity contribution in [3.8, 4) is 0 Å². The van der Waals surface area contributed by atoms with Crippen LogP contribution in [0.25, 0.3) is 0 Å². The fraction of sp³-hybridized carbons (Fsp3) is 0.765. The molecule has 0 spiro atoms. The summed E-state index contributed by atoms with van der Waals surface area (Å²) in [6.45, 7) is 7.64. The number of rotatable bonds is 2. The molecule has 21 heavy (non-hydrogen) atoms. The molecule has 1 fully saturated rings. The number of nitrogens with one attached hydrogen (secondary N) is 1. The average Bonchev–Trinajstić information content (AvgIpc) is 2.45. The summed E-state index contributed by atoms with van der Waals surface area (Å²) >= 11 is 0. The molecule has 118 valence electrons. The Morgan fingerprint density at radius 2 is 1.57 bits per heavy atom. The topological polar surface area (TPSA) is 49.4 Å². The van der Waals surface area contributed by atoms with Gasteiger partial charge in [0.15, 0.2) is 0 Å². The van der Waals surface area contributed by atoms with Gasteiger partial charge in [-0.3, -0.25) is 9.59 Å². The second-order valence-electron chi connectivity index (χ2n) is 7.28. The smallest absolute Gasteiger partial charge is 0.226 e. The molecule has 0 aromatic heterocycles. The van der Waals surface area contributed by atoms with Crippen molar-refractivity contribution in [3.63, 3.8) is 0 Å². The number of likely N-dealkylation sites (tertiary alicyclic amines) is 1. The van der Waals surface area contributed by atoms with Crippen LogP contribution in [0.2, 0.25) is 0 Å². The minimum atomic E-state index is -0.253. The molecule has 2 atom stereocenters. The van der Waals surface area contributed by atoms with Crippen molar-refractivity contribution in [2.24, 2.45) is 11.8 Å². The summed E-state index contributed by atoms with van der Waals surface area (Å²) in [5.74, 6) is -0.213. The summed E-state index contributed by atoms with van der Waals surface area (Å²) in [6.07, 6.45) is 8.84. The number of piperidine rings is 1. The van der Waals surface area contributed by atoms with Crippen molar-refractivity contribution in [2.75, 3.05) is 13.1 Å². The Morgan fingerprint density at radius 1 is 1.00 bits per heavy atom. The van der Waals surface area contributed by atoms with E-state index in [0.29, 0.717) is 12.8 Å². The minimum Gasteiger partial charge on any atom is -0.351 e. The van der Waals surface area contributed by atoms with Crippen LogP contribution in [0, 0.1) is 11.8 Å². The molecule has 4 heteroatoms. The van der Waals surface area contributed by atoms with Crippen LogP contribution in [0.15, 0.2) is 12.2 Å². The van der Waals surface area contributed by atoms with Crippen LogP contribution >= 0.6 is 0 Å². The Morgan fingerprint density at radius 3 is 2.14 bits per heavy atom. The molecule has 2 rings (SSSR count). The van der Waals surface area contributed by atoms with Gasteiger partial charge in [-0.05, 0) is 52.9 Å². The first-order valence-corrected chi connectivity index (χ1v) is 8.14. The van der Waals surface area contributed by atoms with Crippen LogP contribution in [0.1, 0.15) is 52.9 Å². The van der Waals surface area contributed by atoms with Gasteiger partial charge >= 0.3 is 0 Å². The first-order chi connectivity index (χ1) is 9.88. The third-order valence-corrected chi connectivity index (χ3v) is 4.25. The SMILES string of the molecule is CC(C)(C)NC(=O)C1CC=CCC1C(=O)N1CCCCC1. The van der Waals surface area contributed by atoms with Gasteiger partial charge in [-0.15, -0.1) is 0 Å². The lowest BCUT2D eigenvalue weighted by Crippen LogP contribution is -2.49. The number of amides is 2. The molecule has 0 saturated carbocycles. The maximum absolute atomic E-state index is 12.7. The fourth-order valence-corrected chi connectivity index (χ4v) is 3.19. The largest absolute Gasteiger partial charge is 0.351 e. The molecule has 1 saturated heterocycles. The van der Waals surface area contributed by atoms with Crippen LogP contribution in [0.3, 0.4) is 0 Å². The third kappa shape index (κ3) is 4.32. The lowest BCUT2D eigenvalue weighted by molar-refractivity contribution is -0.143. The molecule has 1 N–H and O–H groups in total. The lowest BCUT2D eigenvalue weighted by Gasteiger charge is -2.35. The van der Waals surface area contributed by atoms with Crippen molar-refractivity contribution in [1.29, 1.82) is 0 Å². The Hall–Kier alpha value is -1.32. The lowest BCUT2D eigenvalue weighted by atomic mass is 9.80. The molecule has 0 bridgehead atoms. The highest BCUT2D eigenvalue weighted by Crippen LogP contribution is 2.29. The molecule has 2 amide bonds. The summed E-state index contributed by atoms with van der Waals surface area (Å²) < 4.78 is 0. The van der Waals surface area contributed by atoms with Crippen LogP contribution < -0.4 is 5.32 Å². The number of carbonyl (C=O) groups is 2. The van der Waals surface area contributed by atoms with Gasteiger partial charge in [0.05, 0.1) is 11.8 Å². The zero-order chi connectivity index (χ0) is 15.5. The molecule has 1 heterocycles. The molecular formula is C17H28N2O2. The van der Waals surface area contributed by atoms with Crippen LogP contribution in [-0.2, 0) is 9.59 Å². The molecule has 1 aliphatic heterocycles. The zero-order valence-corrected chi connectivity index (χ0v) is 13.5. The molecule has 2 unspecified atom stereocenters. The van der Waals surface area contributed by atoms with Crippen molar-refractivity contribution >= 4 is 11.8 Å². The second-order valence-corrected chi connectivity index (χ2v) is 7.28. The highest BCUT2D eigenvalue weighted by atomic mass is 16.2. The summed E-state index contributed by atoms with van der Waals surface area (Å²) in [5, 5.41) is 3.03. The fourth-order valence-electron chi connectivity index (χ4n) is 3.19. The first-order valence-electron chi connectivity index (χ1n) is 8.14. The number of carbonyl (C=O) groups excluding carboxylic acids is 2. The van der Waals surface area contributed by atoms with Crippen molar-refractivity contribution in [2.45, 2.75) is 58.4 Å². The highest BCUT2D eigenvalue weighted by Gasteiger charge is 2.37. The number of allylic oxidation sites excluding steroid dienone is 2. The van der Waals surface area contributed by atoms with E-state index in [0.717, 1.165) is 25.9 Å². The quantitative estimate of drug-likeness (QED) is 0.795. The van der Waals surface area contributed by atoms with Crippen molar-refractivity contribution in [3.05, 3.63) is 12.2 Å². The average molecular weight is 292 g/mol. The number of nitrogens with zero attached hydrogens (tertiary/aromatic N) is 1. The van der Waals surface area contributed by atoms with E-state index in [4.69, 9.17) is 0 Å². The molecule has 4 nitrogen and oxygen atoms in total. The molecule has 0 aromatic carbocycles. The Balaban J connectivity index is 2.06. The van der Waals surface area contributed by atoms with Crippen LogP contribution in [-0.4, -0.2) is 35.3 Å². The van der Waals surface area contributed by atoms with Crippen LogP contribution in [0.5, 0.6) is 0 Å². The van der Waals surface area contributed by atoms with E-state index in [1.165, 1.54) is 6.42 Å². The van der Waals surface area contributed by atoms with Crippen molar-refractivity contribution < 1.29 is 9.59 Å². The number of hydrogen-bond acceptors (Lipinski definition) is 2. The van der Waals surface area contributed by atoms with E-state index in [1.807, 2.05) is 37.8 Å². The Bertz CT molecular complexity index is 417. The Labute approximate surface area is 128 Å². The third-order valence-electron chi connectivity index (χ3n) is 4.25. The van der Waals surface area contributed by atoms with Gasteiger partial charge in [-0.25, -0.2) is 0 Å².